The summed E-state index contributed by atoms with van der Waals surface area (Å²) in [6, 6.07) is 19.6. The van der Waals surface area contributed by atoms with E-state index in [-0.39, 0.29) is 0 Å². The number of aromatic nitrogens is 2. The third kappa shape index (κ3) is 5.46. The zero-order valence-corrected chi connectivity index (χ0v) is 20.2. The number of hydrogen-bond donors (Lipinski definition) is 1. The molecule has 1 aromatic heterocycles. The van der Waals surface area contributed by atoms with Crippen LogP contribution in [-0.4, -0.2) is 41.1 Å². The van der Waals surface area contributed by atoms with Crippen molar-refractivity contribution in [1.29, 1.82) is 5.26 Å². The average Bonchev–Trinajstić information content (AvgIpc) is 3.47. The van der Waals surface area contributed by atoms with Crippen LogP contribution >= 0.6 is 0 Å². The highest BCUT2D eigenvalue weighted by Crippen LogP contribution is 2.30. The molecule has 2 aromatic carbocycles. The lowest BCUT2D eigenvalue weighted by Gasteiger charge is -2.27. The molecule has 1 amide bonds. The molecule has 7 heteroatoms. The fraction of sp³-hybridized carbons (Fsp3) is 0.370. The number of amides is 1. The molecular formula is C27H31N5O2. The Morgan fingerprint density at radius 1 is 1.21 bits per heavy atom. The van der Waals surface area contributed by atoms with E-state index in [1.165, 1.54) is 0 Å². The fourth-order valence-corrected chi connectivity index (χ4v) is 4.01. The minimum Gasteiger partial charge on any atom is -0.443 e. The Morgan fingerprint density at radius 3 is 2.50 bits per heavy atom. The van der Waals surface area contributed by atoms with Gasteiger partial charge in [0.2, 0.25) is 0 Å². The first-order valence-electron chi connectivity index (χ1n) is 11.6. The van der Waals surface area contributed by atoms with Crippen molar-refractivity contribution >= 4 is 11.9 Å². The number of aryl methyl sites for hydroxylation is 1. The van der Waals surface area contributed by atoms with Gasteiger partial charge >= 0.3 is 6.09 Å². The van der Waals surface area contributed by atoms with Crippen molar-refractivity contribution in [3.63, 3.8) is 0 Å². The number of ether oxygens (including phenoxy) is 1. The lowest BCUT2D eigenvalue weighted by Crippen LogP contribution is -2.40. The van der Waals surface area contributed by atoms with Gasteiger partial charge < -0.3 is 10.1 Å². The zero-order valence-electron chi connectivity index (χ0n) is 20.2. The highest BCUT2D eigenvalue weighted by Gasteiger charge is 2.30. The highest BCUT2D eigenvalue weighted by atomic mass is 16.6. The van der Waals surface area contributed by atoms with Crippen LogP contribution in [0.15, 0.2) is 54.6 Å². The van der Waals surface area contributed by atoms with Gasteiger partial charge in [-0.2, -0.15) is 5.26 Å². The monoisotopic (exact) mass is 457 g/mol. The van der Waals surface area contributed by atoms with E-state index in [0.717, 1.165) is 42.0 Å². The van der Waals surface area contributed by atoms with Gasteiger partial charge in [0.1, 0.15) is 5.60 Å². The smallest absolute Gasteiger partial charge is 0.416 e. The van der Waals surface area contributed by atoms with Gasteiger partial charge in [-0.05, 0) is 77.4 Å². The summed E-state index contributed by atoms with van der Waals surface area (Å²) in [6.07, 6.45) is 0.597. The van der Waals surface area contributed by atoms with E-state index in [0.29, 0.717) is 23.8 Å². The summed E-state index contributed by atoms with van der Waals surface area (Å²) in [4.78, 5) is 14.9. The number of hydrogen-bond acceptors (Lipinski definition) is 5. The summed E-state index contributed by atoms with van der Waals surface area (Å²) >= 11 is 0. The molecule has 0 bridgehead atoms. The molecule has 7 nitrogen and oxygen atoms in total. The first kappa shape index (κ1) is 23.5. The predicted octanol–water partition coefficient (Wildman–Crippen LogP) is 5.07. The minimum absolute atomic E-state index is 0.329. The van der Waals surface area contributed by atoms with Crippen LogP contribution in [0.3, 0.4) is 0 Å². The molecule has 1 fully saturated rings. The second kappa shape index (κ2) is 9.70. The van der Waals surface area contributed by atoms with E-state index in [1.54, 1.807) is 17.0 Å². The topological polar surface area (TPSA) is 83.2 Å². The number of carbonyl (C=O) groups is 1. The number of nitrogens with zero attached hydrogens (tertiary/aromatic N) is 4. The molecule has 34 heavy (non-hydrogen) atoms. The lowest BCUT2D eigenvalue weighted by molar-refractivity contribution is 0.0574. The van der Waals surface area contributed by atoms with E-state index >= 15 is 0 Å². The molecule has 1 aliphatic rings. The Balaban J connectivity index is 1.79. The van der Waals surface area contributed by atoms with Gasteiger partial charge in [-0.15, -0.1) is 5.10 Å². The first-order valence-corrected chi connectivity index (χ1v) is 11.6. The maximum atomic E-state index is 13.3. The number of nitriles is 1. The van der Waals surface area contributed by atoms with Gasteiger partial charge in [0.15, 0.2) is 5.82 Å². The second-order valence-electron chi connectivity index (χ2n) is 9.77. The summed E-state index contributed by atoms with van der Waals surface area (Å²) in [5.41, 5.74) is 3.79. The van der Waals surface area contributed by atoms with Gasteiger partial charge in [-0.25, -0.2) is 9.48 Å². The highest BCUT2D eigenvalue weighted by molar-refractivity contribution is 5.88. The van der Waals surface area contributed by atoms with E-state index in [4.69, 9.17) is 9.84 Å². The molecule has 0 aliphatic carbocycles. The van der Waals surface area contributed by atoms with Crippen LogP contribution in [0.25, 0.3) is 16.9 Å². The van der Waals surface area contributed by atoms with Gasteiger partial charge in [-0.1, -0.05) is 29.8 Å². The van der Waals surface area contributed by atoms with E-state index in [9.17, 15) is 10.1 Å². The average molecular weight is 458 g/mol. The lowest BCUT2D eigenvalue weighted by atomic mass is 10.1. The molecule has 176 valence electrons. The van der Waals surface area contributed by atoms with Gasteiger partial charge in [0, 0.05) is 18.2 Å². The standard InChI is InChI=1S/C27H31N5O2/c1-19-5-9-22(10-6-19)24-15-25(30-32(24)23-11-7-20(16-28)8-12-23)31(18-21-13-14-29-17-21)26(33)34-27(2,3)4/h5-12,15,21,29H,13-14,17-18H2,1-4H3/t21-/m0/s1. The largest absolute Gasteiger partial charge is 0.443 e. The fourth-order valence-electron chi connectivity index (χ4n) is 4.01. The molecule has 0 unspecified atom stereocenters. The third-order valence-electron chi connectivity index (χ3n) is 5.78. The van der Waals surface area contributed by atoms with Gasteiger partial charge in [0.05, 0.1) is 23.0 Å². The first-order chi connectivity index (χ1) is 16.2. The van der Waals surface area contributed by atoms with Crippen molar-refractivity contribution in [2.24, 2.45) is 5.92 Å². The number of nitrogens with one attached hydrogen (secondary N) is 1. The van der Waals surface area contributed by atoms with Crippen LogP contribution < -0.4 is 10.2 Å². The van der Waals surface area contributed by atoms with Crippen molar-refractivity contribution in [3.8, 4) is 23.0 Å². The van der Waals surface area contributed by atoms with Crippen molar-refractivity contribution in [3.05, 3.63) is 65.7 Å². The second-order valence-corrected chi connectivity index (χ2v) is 9.77. The quantitative estimate of drug-likeness (QED) is 0.578. The molecule has 0 radical (unpaired) electrons. The maximum absolute atomic E-state index is 13.3. The van der Waals surface area contributed by atoms with Crippen LogP contribution in [0.4, 0.5) is 10.6 Å². The molecule has 4 rings (SSSR count). The van der Waals surface area contributed by atoms with E-state index in [2.05, 4.69) is 35.7 Å². The molecule has 1 aliphatic heterocycles. The Morgan fingerprint density at radius 2 is 1.91 bits per heavy atom. The zero-order chi connectivity index (χ0) is 24.3. The Kier molecular flexibility index (Phi) is 6.71. The SMILES string of the molecule is Cc1ccc(-c2cc(N(C[C@H]3CCNC3)C(=O)OC(C)(C)C)nn2-c2ccc(C#N)cc2)cc1. The normalized spacial score (nSPS) is 15.7. The number of anilines is 1. The molecule has 0 spiro atoms. The Labute approximate surface area is 201 Å². The summed E-state index contributed by atoms with van der Waals surface area (Å²) < 4.78 is 7.58. The number of benzene rings is 2. The van der Waals surface area contributed by atoms with Crippen molar-refractivity contribution in [1.82, 2.24) is 15.1 Å². The van der Waals surface area contributed by atoms with Crippen LogP contribution in [0, 0.1) is 24.2 Å². The van der Waals surface area contributed by atoms with Crippen LogP contribution in [0.2, 0.25) is 0 Å². The number of carbonyl (C=O) groups excluding carboxylic acids is 1. The predicted molar refractivity (Wildman–Crippen MR) is 133 cm³/mol. The van der Waals surface area contributed by atoms with Crippen LogP contribution in [-0.2, 0) is 4.74 Å². The Hall–Kier alpha value is -3.63. The molecule has 1 N–H and O–H groups in total. The number of rotatable bonds is 5. The molecular weight excluding hydrogens is 426 g/mol. The van der Waals surface area contributed by atoms with E-state index in [1.807, 2.05) is 50.6 Å². The third-order valence-corrected chi connectivity index (χ3v) is 5.78. The molecule has 2 heterocycles. The molecule has 0 saturated carbocycles. The van der Waals surface area contributed by atoms with Crippen molar-refractivity contribution < 1.29 is 9.53 Å². The van der Waals surface area contributed by atoms with Crippen LogP contribution in [0.5, 0.6) is 0 Å². The van der Waals surface area contributed by atoms with Crippen LogP contribution in [0.1, 0.15) is 38.3 Å². The molecule has 1 saturated heterocycles. The van der Waals surface area contributed by atoms with E-state index < -0.39 is 11.7 Å². The van der Waals surface area contributed by atoms with Gasteiger partial charge in [0.25, 0.3) is 0 Å². The Bertz CT molecular complexity index is 1180. The van der Waals surface area contributed by atoms with Gasteiger partial charge in [-0.3, -0.25) is 4.90 Å². The minimum atomic E-state index is -0.612. The summed E-state index contributed by atoms with van der Waals surface area (Å²) in [6.45, 7) is 9.99. The molecule has 3 aromatic rings. The summed E-state index contributed by atoms with van der Waals surface area (Å²) in [5, 5.41) is 17.4. The summed E-state index contributed by atoms with van der Waals surface area (Å²) in [5.74, 6) is 0.872. The van der Waals surface area contributed by atoms with Crippen molar-refractivity contribution in [2.75, 3.05) is 24.5 Å². The summed E-state index contributed by atoms with van der Waals surface area (Å²) in [7, 11) is 0. The van der Waals surface area contributed by atoms with Crippen molar-refractivity contribution in [2.45, 2.75) is 39.7 Å². The maximum Gasteiger partial charge on any atom is 0.416 e. The molecule has 1 atom stereocenters.